The third kappa shape index (κ3) is 2.96. The number of aryl methyl sites for hydroxylation is 2. The summed E-state index contributed by atoms with van der Waals surface area (Å²) < 4.78 is 10.7. The third-order valence-electron chi connectivity index (χ3n) is 4.65. The zero-order valence-electron chi connectivity index (χ0n) is 14.8. The fourth-order valence-corrected chi connectivity index (χ4v) is 2.99. The highest BCUT2D eigenvalue weighted by atomic mass is 16.5. The van der Waals surface area contributed by atoms with Crippen molar-refractivity contribution in [3.63, 3.8) is 0 Å². The molecule has 1 N–H and O–H groups in total. The summed E-state index contributed by atoms with van der Waals surface area (Å²) in [4.78, 5) is 22.5. The summed E-state index contributed by atoms with van der Waals surface area (Å²) in [6, 6.07) is 1.57. The number of hydrogen-bond donors (Lipinski definition) is 1. The van der Waals surface area contributed by atoms with Crippen molar-refractivity contribution in [2.75, 3.05) is 13.7 Å². The number of methoxy groups -OCH3 is 1. The summed E-state index contributed by atoms with van der Waals surface area (Å²) in [6.45, 7) is 8.47. The van der Waals surface area contributed by atoms with Crippen LogP contribution >= 0.6 is 0 Å². The SMILES string of the molecule is CO[C@@H]1C[C@@H](c2nc(C)c(C)[nH]2)N(C(=O)c2cc(C(C)C)no2)C1. The number of hydrogen-bond acceptors (Lipinski definition) is 5. The number of ether oxygens (including phenoxy) is 1. The van der Waals surface area contributed by atoms with E-state index >= 15 is 0 Å². The molecule has 0 spiro atoms. The van der Waals surface area contributed by atoms with E-state index in [1.165, 1.54) is 0 Å². The van der Waals surface area contributed by atoms with Gasteiger partial charge >= 0.3 is 0 Å². The van der Waals surface area contributed by atoms with Gasteiger partial charge in [-0.2, -0.15) is 0 Å². The van der Waals surface area contributed by atoms with E-state index in [9.17, 15) is 4.79 Å². The van der Waals surface area contributed by atoms with Gasteiger partial charge in [-0.1, -0.05) is 19.0 Å². The second-order valence-electron chi connectivity index (χ2n) is 6.67. The number of aromatic amines is 1. The molecule has 7 heteroatoms. The van der Waals surface area contributed by atoms with E-state index < -0.39 is 0 Å². The van der Waals surface area contributed by atoms with Crippen molar-refractivity contribution >= 4 is 5.91 Å². The maximum absolute atomic E-state index is 12.9. The van der Waals surface area contributed by atoms with Crippen LogP contribution in [-0.4, -0.2) is 45.7 Å². The Morgan fingerprint density at radius 3 is 2.75 bits per heavy atom. The van der Waals surface area contributed by atoms with Crippen LogP contribution in [0.2, 0.25) is 0 Å². The molecule has 0 radical (unpaired) electrons. The molecule has 2 atom stereocenters. The number of carbonyl (C=O) groups excluding carboxylic acids is 1. The average Bonchev–Trinajstić information content (AvgIpc) is 3.25. The molecule has 1 saturated heterocycles. The maximum Gasteiger partial charge on any atom is 0.293 e. The number of amides is 1. The van der Waals surface area contributed by atoms with Gasteiger partial charge in [-0.15, -0.1) is 0 Å². The molecular formula is C17H24N4O3. The summed E-state index contributed by atoms with van der Waals surface area (Å²) >= 11 is 0. The van der Waals surface area contributed by atoms with Crippen LogP contribution in [0.15, 0.2) is 10.6 Å². The molecule has 0 unspecified atom stereocenters. The van der Waals surface area contributed by atoms with Gasteiger partial charge in [0.1, 0.15) is 5.82 Å². The molecular weight excluding hydrogens is 308 g/mol. The molecule has 130 valence electrons. The molecule has 1 aliphatic heterocycles. The van der Waals surface area contributed by atoms with E-state index in [1.807, 2.05) is 27.7 Å². The summed E-state index contributed by atoms with van der Waals surface area (Å²) in [7, 11) is 1.67. The largest absolute Gasteiger partial charge is 0.380 e. The zero-order valence-corrected chi connectivity index (χ0v) is 14.8. The summed E-state index contributed by atoms with van der Waals surface area (Å²) in [5.41, 5.74) is 2.74. The summed E-state index contributed by atoms with van der Waals surface area (Å²) in [5, 5.41) is 3.99. The van der Waals surface area contributed by atoms with E-state index in [2.05, 4.69) is 15.1 Å². The van der Waals surface area contributed by atoms with Gasteiger partial charge in [0.25, 0.3) is 5.91 Å². The number of aromatic nitrogens is 3. The van der Waals surface area contributed by atoms with Gasteiger partial charge in [0, 0.05) is 31.8 Å². The quantitative estimate of drug-likeness (QED) is 0.930. The van der Waals surface area contributed by atoms with Crippen molar-refractivity contribution in [3.8, 4) is 0 Å². The number of nitrogens with one attached hydrogen (secondary N) is 1. The molecule has 0 aromatic carbocycles. The molecule has 0 aliphatic carbocycles. The minimum absolute atomic E-state index is 0.0165. The minimum atomic E-state index is -0.175. The number of imidazole rings is 1. The van der Waals surface area contributed by atoms with E-state index in [-0.39, 0.29) is 29.7 Å². The number of carbonyl (C=O) groups is 1. The van der Waals surface area contributed by atoms with Gasteiger partial charge in [0.05, 0.1) is 23.5 Å². The second kappa shape index (κ2) is 6.39. The number of rotatable bonds is 4. The van der Waals surface area contributed by atoms with Gasteiger partial charge in [0.2, 0.25) is 5.76 Å². The molecule has 3 heterocycles. The molecule has 3 rings (SSSR count). The lowest BCUT2D eigenvalue weighted by Gasteiger charge is -2.21. The van der Waals surface area contributed by atoms with Crippen molar-refractivity contribution in [3.05, 3.63) is 34.7 Å². The van der Waals surface area contributed by atoms with Crippen molar-refractivity contribution in [2.45, 2.75) is 52.2 Å². The lowest BCUT2D eigenvalue weighted by molar-refractivity contribution is 0.0645. The first-order valence-corrected chi connectivity index (χ1v) is 8.24. The predicted octanol–water partition coefficient (Wildman–Crippen LogP) is 2.74. The topological polar surface area (TPSA) is 84.2 Å². The van der Waals surface area contributed by atoms with E-state index in [0.29, 0.717) is 13.0 Å². The second-order valence-corrected chi connectivity index (χ2v) is 6.67. The van der Waals surface area contributed by atoms with Crippen molar-refractivity contribution in [1.29, 1.82) is 0 Å². The van der Waals surface area contributed by atoms with Gasteiger partial charge in [-0.25, -0.2) is 4.98 Å². The molecule has 1 aliphatic rings. The smallest absolute Gasteiger partial charge is 0.293 e. The standard InChI is InChI=1S/C17H24N4O3/c1-9(2)13-7-15(24-20-13)17(22)21-8-12(23-5)6-14(21)16-18-10(3)11(4)19-16/h7,9,12,14H,6,8H2,1-5H3,(H,18,19)/t12-,14+/m1/s1. The van der Waals surface area contributed by atoms with Crippen LogP contribution < -0.4 is 0 Å². The summed E-state index contributed by atoms with van der Waals surface area (Å²) in [5.74, 6) is 1.10. The molecule has 2 aromatic rings. The molecule has 0 bridgehead atoms. The van der Waals surface area contributed by atoms with E-state index in [1.54, 1.807) is 18.1 Å². The number of likely N-dealkylation sites (tertiary alicyclic amines) is 1. The monoisotopic (exact) mass is 332 g/mol. The number of nitrogens with zero attached hydrogens (tertiary/aromatic N) is 3. The summed E-state index contributed by atoms with van der Waals surface area (Å²) in [6.07, 6.45) is 0.692. The highest BCUT2D eigenvalue weighted by molar-refractivity contribution is 5.92. The van der Waals surface area contributed by atoms with Crippen LogP contribution in [0.25, 0.3) is 0 Å². The number of H-pyrrole nitrogens is 1. The lowest BCUT2D eigenvalue weighted by Crippen LogP contribution is -2.32. The van der Waals surface area contributed by atoms with Gasteiger partial charge in [0.15, 0.2) is 0 Å². The normalized spacial score (nSPS) is 21.0. The molecule has 2 aromatic heterocycles. The Kier molecular flexibility index (Phi) is 4.45. The van der Waals surface area contributed by atoms with Crippen molar-refractivity contribution in [2.24, 2.45) is 0 Å². The fourth-order valence-electron chi connectivity index (χ4n) is 2.99. The first kappa shape index (κ1) is 16.7. The van der Waals surface area contributed by atoms with Crippen LogP contribution in [0.1, 0.15) is 65.7 Å². The molecule has 24 heavy (non-hydrogen) atoms. The first-order chi connectivity index (χ1) is 11.4. The fraction of sp³-hybridized carbons (Fsp3) is 0.588. The zero-order chi connectivity index (χ0) is 17.4. The van der Waals surface area contributed by atoms with Crippen LogP contribution in [0.3, 0.4) is 0 Å². The Balaban J connectivity index is 1.88. The van der Waals surface area contributed by atoms with E-state index in [0.717, 1.165) is 22.9 Å². The van der Waals surface area contributed by atoms with Crippen LogP contribution in [0.5, 0.6) is 0 Å². The third-order valence-corrected chi connectivity index (χ3v) is 4.65. The van der Waals surface area contributed by atoms with Crippen LogP contribution in [-0.2, 0) is 4.74 Å². The van der Waals surface area contributed by atoms with Crippen molar-refractivity contribution < 1.29 is 14.1 Å². The molecule has 0 saturated carbocycles. The van der Waals surface area contributed by atoms with Gasteiger partial charge in [-0.3, -0.25) is 4.79 Å². The van der Waals surface area contributed by atoms with Crippen LogP contribution in [0, 0.1) is 13.8 Å². The Bertz CT molecular complexity index is 715. The Morgan fingerprint density at radius 1 is 1.46 bits per heavy atom. The average molecular weight is 332 g/mol. The van der Waals surface area contributed by atoms with Gasteiger partial charge in [-0.05, 0) is 19.8 Å². The Hall–Kier alpha value is -2.15. The van der Waals surface area contributed by atoms with Crippen LogP contribution in [0.4, 0.5) is 0 Å². The first-order valence-electron chi connectivity index (χ1n) is 8.24. The van der Waals surface area contributed by atoms with Gasteiger partial charge < -0.3 is 19.1 Å². The molecule has 1 amide bonds. The Labute approximate surface area is 141 Å². The molecule has 7 nitrogen and oxygen atoms in total. The highest BCUT2D eigenvalue weighted by Gasteiger charge is 2.39. The predicted molar refractivity (Wildman–Crippen MR) is 87.8 cm³/mol. The van der Waals surface area contributed by atoms with E-state index in [4.69, 9.17) is 9.26 Å². The molecule has 1 fully saturated rings. The highest BCUT2D eigenvalue weighted by Crippen LogP contribution is 2.33. The maximum atomic E-state index is 12.9. The Morgan fingerprint density at radius 2 is 2.21 bits per heavy atom. The minimum Gasteiger partial charge on any atom is -0.380 e. The van der Waals surface area contributed by atoms with Crippen molar-refractivity contribution in [1.82, 2.24) is 20.0 Å². The lowest BCUT2D eigenvalue weighted by atomic mass is 10.1.